The summed E-state index contributed by atoms with van der Waals surface area (Å²) in [5, 5.41) is 9.16. The van der Waals surface area contributed by atoms with E-state index in [2.05, 4.69) is 46.1 Å². The number of allylic oxidation sites excluding steroid dienone is 11. The van der Waals surface area contributed by atoms with Gasteiger partial charge in [-0.3, -0.25) is 0 Å². The van der Waals surface area contributed by atoms with Gasteiger partial charge in [0.05, 0.1) is 13.2 Å². The maximum Gasteiger partial charge on any atom is 0.200 e. The van der Waals surface area contributed by atoms with Crippen LogP contribution in [0.15, 0.2) is 121 Å². The van der Waals surface area contributed by atoms with Gasteiger partial charge in [0, 0.05) is 17.1 Å². The fraction of sp³-hybridized carbons (Fsp3) is 0.286. The first-order chi connectivity index (χ1) is 15.8. The summed E-state index contributed by atoms with van der Waals surface area (Å²) in [6, 6.07) is 0. The van der Waals surface area contributed by atoms with Gasteiger partial charge in [0.15, 0.2) is 17.9 Å². The Morgan fingerprint density at radius 2 is 1.47 bits per heavy atom. The van der Waals surface area contributed by atoms with E-state index >= 15 is 0 Å². The molecule has 0 aliphatic heterocycles. The van der Waals surface area contributed by atoms with Gasteiger partial charge in [-0.05, 0) is 42.6 Å². The molecule has 0 saturated carbocycles. The fourth-order valence-electron chi connectivity index (χ4n) is 2.22. The van der Waals surface area contributed by atoms with E-state index in [1.54, 1.807) is 13.0 Å². The van der Waals surface area contributed by atoms with Gasteiger partial charge >= 0.3 is 0 Å². The summed E-state index contributed by atoms with van der Waals surface area (Å²) < 4.78 is 53.4. The van der Waals surface area contributed by atoms with Gasteiger partial charge in [0.2, 0.25) is 5.83 Å². The minimum absolute atomic E-state index is 0.0250. The molecule has 0 bridgehead atoms. The molecule has 34 heavy (non-hydrogen) atoms. The van der Waals surface area contributed by atoms with E-state index in [1.807, 2.05) is 0 Å². The Bertz CT molecular complexity index is 917. The Morgan fingerprint density at radius 3 is 2.00 bits per heavy atom. The highest BCUT2D eigenvalue weighted by molar-refractivity contribution is 5.53. The molecule has 0 fully saturated rings. The Hall–Kier alpha value is -3.09. The minimum Gasteiger partial charge on any atom is -0.491 e. The fourth-order valence-corrected chi connectivity index (χ4v) is 2.22. The van der Waals surface area contributed by atoms with E-state index in [1.165, 1.54) is 25.2 Å². The van der Waals surface area contributed by atoms with Crippen molar-refractivity contribution in [1.82, 2.24) is 0 Å². The average molecular weight is 477 g/mol. The SMILES string of the molecule is C=CCCCOC(=C)/C(F)=C(/F)C(=C)C(=C)/C=C\C(=C)C(=C)/C(F)=C\C(=C)C(C)COC(C)O. The standard InChI is InChI=1S/C28H35F3O3/c1-10-11-12-15-33-24(8)28(31)27(30)23(7)19(3)14-13-18(2)22(6)26(29)16-20(4)21(5)17-34-25(9)32/h10,13-14,16,21,25,32H,1-4,6-8,11-12,15,17H2,5,9H3/b14-13-,26-16+,28-27-. The van der Waals surface area contributed by atoms with Gasteiger partial charge in [-0.25, -0.2) is 8.78 Å². The molecule has 0 aromatic heterocycles. The van der Waals surface area contributed by atoms with Crippen molar-refractivity contribution in [3.05, 3.63) is 121 Å². The van der Waals surface area contributed by atoms with Crippen LogP contribution in [-0.4, -0.2) is 24.6 Å². The second kappa shape index (κ2) is 15.7. The monoisotopic (exact) mass is 476 g/mol. The largest absolute Gasteiger partial charge is 0.491 e. The number of rotatable bonds is 17. The van der Waals surface area contributed by atoms with Crippen molar-refractivity contribution in [2.75, 3.05) is 13.2 Å². The van der Waals surface area contributed by atoms with Crippen LogP contribution in [0, 0.1) is 5.92 Å². The first-order valence-corrected chi connectivity index (χ1v) is 10.6. The quantitative estimate of drug-likeness (QED) is 0.0765. The van der Waals surface area contributed by atoms with Crippen LogP contribution in [0.2, 0.25) is 0 Å². The third kappa shape index (κ3) is 11.2. The Morgan fingerprint density at radius 1 is 0.912 bits per heavy atom. The third-order valence-corrected chi connectivity index (χ3v) is 4.61. The van der Waals surface area contributed by atoms with Crippen molar-refractivity contribution in [2.45, 2.75) is 33.0 Å². The molecule has 1 N–H and O–H groups in total. The molecule has 0 aromatic carbocycles. The molecule has 0 spiro atoms. The minimum atomic E-state index is -1.28. The zero-order chi connectivity index (χ0) is 26.4. The van der Waals surface area contributed by atoms with Crippen molar-refractivity contribution in [2.24, 2.45) is 5.92 Å². The molecule has 0 radical (unpaired) electrons. The number of unbranched alkanes of at least 4 members (excludes halogenated alkanes) is 1. The van der Waals surface area contributed by atoms with Crippen LogP contribution < -0.4 is 0 Å². The number of halogens is 3. The Kier molecular flexibility index (Phi) is 14.3. The lowest BCUT2D eigenvalue weighted by Gasteiger charge is -2.14. The Balaban J connectivity index is 5.11. The van der Waals surface area contributed by atoms with Crippen molar-refractivity contribution in [3.63, 3.8) is 0 Å². The highest BCUT2D eigenvalue weighted by Crippen LogP contribution is 2.28. The van der Waals surface area contributed by atoms with E-state index in [0.717, 1.165) is 0 Å². The van der Waals surface area contributed by atoms with Crippen LogP contribution in [0.3, 0.4) is 0 Å². The summed E-state index contributed by atoms with van der Waals surface area (Å²) in [5.41, 5.74) is 0.313. The smallest absolute Gasteiger partial charge is 0.200 e. The lowest BCUT2D eigenvalue weighted by molar-refractivity contribution is -0.0915. The second-order valence-electron chi connectivity index (χ2n) is 7.57. The molecular weight excluding hydrogens is 441 g/mol. The molecule has 0 heterocycles. The second-order valence-corrected chi connectivity index (χ2v) is 7.57. The van der Waals surface area contributed by atoms with Crippen LogP contribution in [0.25, 0.3) is 0 Å². The van der Waals surface area contributed by atoms with Crippen molar-refractivity contribution < 1.29 is 27.8 Å². The summed E-state index contributed by atoms with van der Waals surface area (Å²) in [6.07, 6.45) is 5.89. The molecule has 0 aromatic rings. The maximum absolute atomic E-state index is 14.5. The van der Waals surface area contributed by atoms with Crippen molar-refractivity contribution >= 4 is 0 Å². The van der Waals surface area contributed by atoms with Crippen LogP contribution in [0.4, 0.5) is 13.2 Å². The normalized spacial score (nSPS) is 14.1. The van der Waals surface area contributed by atoms with Crippen molar-refractivity contribution in [1.29, 1.82) is 0 Å². The van der Waals surface area contributed by atoms with Crippen LogP contribution in [-0.2, 0) is 9.47 Å². The van der Waals surface area contributed by atoms with E-state index < -0.39 is 29.5 Å². The lowest BCUT2D eigenvalue weighted by Crippen LogP contribution is -2.14. The number of ether oxygens (including phenoxy) is 2. The lowest BCUT2D eigenvalue weighted by atomic mass is 9.99. The van der Waals surface area contributed by atoms with Crippen LogP contribution in [0.1, 0.15) is 26.7 Å². The van der Waals surface area contributed by atoms with E-state index in [9.17, 15) is 13.2 Å². The van der Waals surface area contributed by atoms with Crippen molar-refractivity contribution in [3.8, 4) is 0 Å². The molecule has 0 aliphatic carbocycles. The predicted octanol–water partition coefficient (Wildman–Crippen LogP) is 7.82. The van der Waals surface area contributed by atoms with E-state index in [0.29, 0.717) is 18.4 Å². The molecule has 2 atom stereocenters. The maximum atomic E-state index is 14.5. The molecule has 3 nitrogen and oxygen atoms in total. The van der Waals surface area contributed by atoms with Gasteiger partial charge < -0.3 is 14.6 Å². The average Bonchev–Trinajstić information content (AvgIpc) is 2.80. The first-order valence-electron chi connectivity index (χ1n) is 10.6. The highest BCUT2D eigenvalue weighted by Gasteiger charge is 2.16. The van der Waals surface area contributed by atoms with Crippen LogP contribution in [0.5, 0.6) is 0 Å². The molecule has 0 rings (SSSR count). The summed E-state index contributed by atoms with van der Waals surface area (Å²) in [5.74, 6) is -3.90. The Labute approximate surface area is 201 Å². The highest BCUT2D eigenvalue weighted by atomic mass is 19.2. The predicted molar refractivity (Wildman–Crippen MR) is 135 cm³/mol. The van der Waals surface area contributed by atoms with Crippen LogP contribution >= 0.6 is 0 Å². The van der Waals surface area contributed by atoms with Gasteiger partial charge in [-0.1, -0.05) is 64.6 Å². The molecule has 6 heteroatoms. The molecule has 2 unspecified atom stereocenters. The topological polar surface area (TPSA) is 38.7 Å². The number of aliphatic hydroxyl groups excluding tert-OH is 1. The number of aliphatic hydroxyl groups is 1. The summed E-state index contributed by atoms with van der Waals surface area (Å²) in [4.78, 5) is 0. The molecule has 0 amide bonds. The molecule has 0 aliphatic rings. The van der Waals surface area contributed by atoms with Gasteiger partial charge in [0.25, 0.3) is 0 Å². The van der Waals surface area contributed by atoms with Gasteiger partial charge in [-0.2, -0.15) is 4.39 Å². The zero-order valence-corrected chi connectivity index (χ0v) is 20.1. The first kappa shape index (κ1) is 30.9. The number of hydrogen-bond donors (Lipinski definition) is 1. The molecular formula is C28H35F3O3. The number of hydrogen-bond acceptors (Lipinski definition) is 3. The molecule has 186 valence electrons. The van der Waals surface area contributed by atoms with E-state index in [4.69, 9.17) is 14.6 Å². The van der Waals surface area contributed by atoms with E-state index in [-0.39, 0.29) is 41.4 Å². The zero-order valence-electron chi connectivity index (χ0n) is 20.1. The third-order valence-electron chi connectivity index (χ3n) is 4.61. The summed E-state index contributed by atoms with van der Waals surface area (Å²) >= 11 is 0. The van der Waals surface area contributed by atoms with Gasteiger partial charge in [-0.15, -0.1) is 6.58 Å². The van der Waals surface area contributed by atoms with Gasteiger partial charge in [0.1, 0.15) is 5.83 Å². The summed E-state index contributed by atoms with van der Waals surface area (Å²) in [7, 11) is 0. The molecule has 0 saturated heterocycles. The summed E-state index contributed by atoms with van der Waals surface area (Å²) in [6.45, 7) is 28.8.